The van der Waals surface area contributed by atoms with Gasteiger partial charge in [0.25, 0.3) is 0 Å². The van der Waals surface area contributed by atoms with E-state index in [1.54, 1.807) is 0 Å². The summed E-state index contributed by atoms with van der Waals surface area (Å²) in [5.74, 6) is 0.967. The highest BCUT2D eigenvalue weighted by Gasteiger charge is 2.23. The minimum Gasteiger partial charge on any atom is -0.324 e. The number of nitrogens with two attached hydrogens (primary N) is 1. The highest BCUT2D eigenvalue weighted by atomic mass is 14.9. The molecule has 0 radical (unpaired) electrons. The van der Waals surface area contributed by atoms with Crippen molar-refractivity contribution in [1.82, 2.24) is 5.32 Å². The van der Waals surface area contributed by atoms with Gasteiger partial charge in [-0.3, -0.25) is 0 Å². The minimum absolute atomic E-state index is 0.0875. The molecule has 3 N–H and O–H groups in total. The van der Waals surface area contributed by atoms with Gasteiger partial charge in [0.05, 0.1) is 0 Å². The summed E-state index contributed by atoms with van der Waals surface area (Å²) in [6.45, 7) is 4.57. The second-order valence-corrected chi connectivity index (χ2v) is 6.26. The lowest BCUT2D eigenvalue weighted by Gasteiger charge is -2.29. The number of rotatable bonds is 7. The van der Waals surface area contributed by atoms with Crippen molar-refractivity contribution in [2.75, 3.05) is 7.05 Å². The van der Waals surface area contributed by atoms with Crippen molar-refractivity contribution in [2.24, 2.45) is 17.6 Å². The van der Waals surface area contributed by atoms with E-state index < -0.39 is 0 Å². The summed E-state index contributed by atoms with van der Waals surface area (Å²) in [6.07, 6.45) is 1.09. The second-order valence-electron chi connectivity index (χ2n) is 6.26. The number of nitrogens with one attached hydrogen (secondary N) is 1. The molecule has 0 fully saturated rings. The lowest BCUT2D eigenvalue weighted by Crippen LogP contribution is -2.28. The third-order valence-electron chi connectivity index (χ3n) is 4.81. The molecule has 0 aliphatic rings. The Kier molecular flexibility index (Phi) is 6.17. The predicted molar refractivity (Wildman–Crippen MR) is 94.6 cm³/mol. The molecule has 0 aromatic heterocycles. The zero-order valence-electron chi connectivity index (χ0n) is 13.9. The van der Waals surface area contributed by atoms with Gasteiger partial charge in [-0.15, -0.1) is 0 Å². The number of hydrogen-bond donors (Lipinski definition) is 2. The van der Waals surface area contributed by atoms with Crippen molar-refractivity contribution in [2.45, 2.75) is 32.4 Å². The predicted octanol–water partition coefficient (Wildman–Crippen LogP) is 4.31. The Morgan fingerprint density at radius 2 is 1.36 bits per heavy atom. The quantitative estimate of drug-likeness (QED) is 0.799. The summed E-state index contributed by atoms with van der Waals surface area (Å²) in [4.78, 5) is 0. The van der Waals surface area contributed by atoms with Crippen molar-refractivity contribution in [1.29, 1.82) is 0 Å². The van der Waals surface area contributed by atoms with Gasteiger partial charge in [0, 0.05) is 12.1 Å². The van der Waals surface area contributed by atoms with Gasteiger partial charge in [-0.2, -0.15) is 0 Å². The summed E-state index contributed by atoms with van der Waals surface area (Å²) >= 11 is 0. The van der Waals surface area contributed by atoms with Crippen LogP contribution in [-0.4, -0.2) is 7.05 Å². The van der Waals surface area contributed by atoms with E-state index in [-0.39, 0.29) is 6.04 Å². The van der Waals surface area contributed by atoms with E-state index in [0.717, 1.165) is 6.42 Å². The number of hydrogen-bond acceptors (Lipinski definition) is 2. The molecule has 2 aromatic carbocycles. The molecule has 2 rings (SSSR count). The Bertz CT molecular complexity index is 538. The Morgan fingerprint density at radius 3 is 1.86 bits per heavy atom. The fourth-order valence-corrected chi connectivity index (χ4v) is 3.03. The molecule has 2 aromatic rings. The summed E-state index contributed by atoms with van der Waals surface area (Å²) in [7, 11) is 2.03. The zero-order chi connectivity index (χ0) is 15.9. The van der Waals surface area contributed by atoms with E-state index >= 15 is 0 Å². The highest BCUT2D eigenvalue weighted by molar-refractivity contribution is 5.20. The van der Waals surface area contributed by atoms with Crippen LogP contribution in [0.5, 0.6) is 0 Å². The van der Waals surface area contributed by atoms with Crippen LogP contribution in [0.25, 0.3) is 0 Å². The molecule has 0 spiro atoms. The van der Waals surface area contributed by atoms with E-state index in [9.17, 15) is 0 Å². The third kappa shape index (κ3) is 4.19. The zero-order valence-corrected chi connectivity index (χ0v) is 13.9. The van der Waals surface area contributed by atoms with Crippen LogP contribution in [0.3, 0.4) is 0 Å². The van der Waals surface area contributed by atoms with Crippen molar-refractivity contribution in [3.8, 4) is 0 Å². The summed E-state index contributed by atoms with van der Waals surface area (Å²) < 4.78 is 0. The molecule has 0 saturated carbocycles. The van der Waals surface area contributed by atoms with Crippen LogP contribution >= 0.6 is 0 Å². The van der Waals surface area contributed by atoms with Crippen LogP contribution in [0, 0.1) is 11.8 Å². The molecule has 0 saturated heterocycles. The molecule has 4 atom stereocenters. The van der Waals surface area contributed by atoms with Crippen molar-refractivity contribution < 1.29 is 0 Å². The Morgan fingerprint density at radius 1 is 0.864 bits per heavy atom. The first-order chi connectivity index (χ1) is 10.6. The van der Waals surface area contributed by atoms with Gasteiger partial charge in [-0.25, -0.2) is 0 Å². The second kappa shape index (κ2) is 8.11. The van der Waals surface area contributed by atoms with Gasteiger partial charge < -0.3 is 11.1 Å². The molecule has 118 valence electrons. The van der Waals surface area contributed by atoms with Crippen molar-refractivity contribution in [3.63, 3.8) is 0 Å². The summed E-state index contributed by atoms with van der Waals surface area (Å²) in [6, 6.07) is 21.5. The molecular weight excluding hydrogens is 268 g/mol. The maximum absolute atomic E-state index is 6.47. The fourth-order valence-electron chi connectivity index (χ4n) is 3.03. The van der Waals surface area contributed by atoms with Crippen molar-refractivity contribution in [3.05, 3.63) is 71.8 Å². The molecule has 0 aliphatic heterocycles. The maximum Gasteiger partial charge on any atom is 0.0323 e. The average molecular weight is 296 g/mol. The largest absolute Gasteiger partial charge is 0.324 e. The van der Waals surface area contributed by atoms with Crippen LogP contribution in [-0.2, 0) is 0 Å². The SMILES string of the molecule is CNC(CC(C)C(C)C(N)c1ccccc1)c1ccccc1. The van der Waals surface area contributed by atoms with Gasteiger partial charge >= 0.3 is 0 Å². The highest BCUT2D eigenvalue weighted by Crippen LogP contribution is 2.31. The molecule has 0 aliphatic carbocycles. The molecule has 0 bridgehead atoms. The molecule has 2 nitrogen and oxygen atoms in total. The smallest absolute Gasteiger partial charge is 0.0323 e. The van der Waals surface area contributed by atoms with Gasteiger partial charge in [-0.05, 0) is 36.4 Å². The first-order valence-electron chi connectivity index (χ1n) is 8.16. The van der Waals surface area contributed by atoms with Crippen LogP contribution in [0.15, 0.2) is 60.7 Å². The normalized spacial score (nSPS) is 16.7. The van der Waals surface area contributed by atoms with Gasteiger partial charge in [0.1, 0.15) is 0 Å². The molecule has 2 heteroatoms. The van der Waals surface area contributed by atoms with E-state index in [1.807, 2.05) is 13.1 Å². The topological polar surface area (TPSA) is 38.0 Å². The van der Waals surface area contributed by atoms with E-state index in [1.165, 1.54) is 11.1 Å². The Labute approximate surface area is 134 Å². The van der Waals surface area contributed by atoms with Crippen LogP contribution in [0.4, 0.5) is 0 Å². The Balaban J connectivity index is 2.02. The van der Waals surface area contributed by atoms with Crippen LogP contribution < -0.4 is 11.1 Å². The summed E-state index contributed by atoms with van der Waals surface area (Å²) in [5.41, 5.74) is 9.04. The van der Waals surface area contributed by atoms with Crippen LogP contribution in [0.2, 0.25) is 0 Å². The van der Waals surface area contributed by atoms with Crippen molar-refractivity contribution >= 4 is 0 Å². The minimum atomic E-state index is 0.0875. The van der Waals surface area contributed by atoms with Gasteiger partial charge in [0.2, 0.25) is 0 Å². The third-order valence-corrected chi connectivity index (χ3v) is 4.81. The van der Waals surface area contributed by atoms with Gasteiger partial charge in [0.15, 0.2) is 0 Å². The first kappa shape index (κ1) is 16.7. The Hall–Kier alpha value is -1.64. The lowest BCUT2D eigenvalue weighted by atomic mass is 9.81. The van der Waals surface area contributed by atoms with E-state index in [2.05, 4.69) is 73.8 Å². The maximum atomic E-state index is 6.47. The standard InChI is InChI=1S/C20H28N2/c1-15(14-19(22-3)17-10-6-4-7-11-17)16(2)20(21)18-12-8-5-9-13-18/h4-13,15-16,19-20,22H,14,21H2,1-3H3. The molecular formula is C20H28N2. The van der Waals surface area contributed by atoms with Gasteiger partial charge in [-0.1, -0.05) is 74.5 Å². The van der Waals surface area contributed by atoms with E-state index in [4.69, 9.17) is 5.73 Å². The van der Waals surface area contributed by atoms with Crippen LogP contribution in [0.1, 0.15) is 43.5 Å². The number of benzene rings is 2. The molecule has 22 heavy (non-hydrogen) atoms. The summed E-state index contributed by atoms with van der Waals surface area (Å²) in [5, 5.41) is 3.44. The fraction of sp³-hybridized carbons (Fsp3) is 0.400. The monoisotopic (exact) mass is 296 g/mol. The molecule has 0 amide bonds. The first-order valence-corrected chi connectivity index (χ1v) is 8.16. The lowest BCUT2D eigenvalue weighted by molar-refractivity contribution is 0.284. The van der Waals surface area contributed by atoms with E-state index in [0.29, 0.717) is 17.9 Å². The average Bonchev–Trinajstić information content (AvgIpc) is 2.59. The molecule has 4 unspecified atom stereocenters. The molecule has 0 heterocycles.